The van der Waals surface area contributed by atoms with Gasteiger partial charge in [-0.25, -0.2) is 4.79 Å². The predicted molar refractivity (Wildman–Crippen MR) is 89.4 cm³/mol. The van der Waals surface area contributed by atoms with E-state index in [1.54, 1.807) is 24.3 Å². The molecule has 0 radical (unpaired) electrons. The second-order valence-corrected chi connectivity index (χ2v) is 5.73. The number of benzene rings is 2. The lowest BCUT2D eigenvalue weighted by Crippen LogP contribution is -2.05. The minimum atomic E-state index is -0.420. The Balaban J connectivity index is 1.64. The summed E-state index contributed by atoms with van der Waals surface area (Å²) in [6.07, 6.45) is 0. The number of carbonyl (C=O) groups is 1. The second kappa shape index (κ2) is 7.08. The molecule has 3 rings (SSSR count). The Labute approximate surface area is 140 Å². The highest BCUT2D eigenvalue weighted by molar-refractivity contribution is 5.89. The third kappa shape index (κ3) is 3.68. The topological polar surface area (TPSA) is 65.2 Å². The molecule has 5 heteroatoms. The normalized spacial score (nSPS) is 10.8. The molecule has 2 aromatic carbocycles. The van der Waals surface area contributed by atoms with Crippen molar-refractivity contribution in [2.24, 2.45) is 0 Å². The molecule has 0 spiro atoms. The number of nitrogens with zero attached hydrogens (tertiary/aromatic N) is 2. The van der Waals surface area contributed by atoms with E-state index in [-0.39, 0.29) is 12.5 Å². The van der Waals surface area contributed by atoms with Crippen LogP contribution in [-0.2, 0) is 11.3 Å². The van der Waals surface area contributed by atoms with Gasteiger partial charge in [0.2, 0.25) is 5.82 Å². The van der Waals surface area contributed by atoms with Crippen molar-refractivity contribution in [2.75, 3.05) is 0 Å². The summed E-state index contributed by atoms with van der Waals surface area (Å²) in [5.74, 6) is 0.798. The van der Waals surface area contributed by atoms with E-state index < -0.39 is 5.97 Å². The van der Waals surface area contributed by atoms with Gasteiger partial charge in [-0.05, 0) is 23.6 Å². The van der Waals surface area contributed by atoms with Crippen LogP contribution < -0.4 is 0 Å². The van der Waals surface area contributed by atoms with E-state index in [0.29, 0.717) is 17.3 Å². The number of hydrogen-bond donors (Lipinski definition) is 0. The maximum Gasteiger partial charge on any atom is 0.338 e. The smallest absolute Gasteiger partial charge is 0.338 e. The number of carbonyl (C=O) groups excluding carboxylic acids is 1. The van der Waals surface area contributed by atoms with Crippen molar-refractivity contribution in [3.63, 3.8) is 0 Å². The van der Waals surface area contributed by atoms with E-state index in [0.717, 1.165) is 5.56 Å². The molecular formula is C19H18N2O3. The SMILES string of the molecule is CC(C)c1ccc(-c2noc(COC(=O)c3ccccc3)n2)cc1. The molecule has 1 aromatic heterocycles. The Morgan fingerprint density at radius 3 is 2.46 bits per heavy atom. The average Bonchev–Trinajstić information content (AvgIpc) is 3.09. The first kappa shape index (κ1) is 15.9. The summed E-state index contributed by atoms with van der Waals surface area (Å²) >= 11 is 0. The van der Waals surface area contributed by atoms with Gasteiger partial charge in [-0.2, -0.15) is 4.98 Å². The maximum absolute atomic E-state index is 11.9. The molecular weight excluding hydrogens is 304 g/mol. The predicted octanol–water partition coefficient (Wildman–Crippen LogP) is 4.22. The lowest BCUT2D eigenvalue weighted by atomic mass is 10.0. The van der Waals surface area contributed by atoms with Gasteiger partial charge in [0.05, 0.1) is 5.56 Å². The Morgan fingerprint density at radius 1 is 1.08 bits per heavy atom. The second-order valence-electron chi connectivity index (χ2n) is 5.73. The zero-order chi connectivity index (χ0) is 16.9. The maximum atomic E-state index is 11.9. The Hall–Kier alpha value is -2.95. The molecule has 0 fully saturated rings. The van der Waals surface area contributed by atoms with E-state index in [1.807, 2.05) is 30.3 Å². The highest BCUT2D eigenvalue weighted by atomic mass is 16.6. The quantitative estimate of drug-likeness (QED) is 0.658. The summed E-state index contributed by atoms with van der Waals surface area (Å²) in [6.45, 7) is 4.23. The largest absolute Gasteiger partial charge is 0.452 e. The fourth-order valence-corrected chi connectivity index (χ4v) is 2.23. The van der Waals surface area contributed by atoms with E-state index in [4.69, 9.17) is 9.26 Å². The molecule has 0 saturated carbocycles. The monoisotopic (exact) mass is 322 g/mol. The number of ether oxygens (including phenoxy) is 1. The Bertz CT molecular complexity index is 808. The van der Waals surface area contributed by atoms with Gasteiger partial charge in [0.25, 0.3) is 5.89 Å². The van der Waals surface area contributed by atoms with Crippen molar-refractivity contribution in [3.8, 4) is 11.4 Å². The number of esters is 1. The van der Waals surface area contributed by atoms with Crippen molar-refractivity contribution in [1.82, 2.24) is 10.1 Å². The molecule has 24 heavy (non-hydrogen) atoms. The summed E-state index contributed by atoms with van der Waals surface area (Å²) in [4.78, 5) is 16.1. The van der Waals surface area contributed by atoms with Gasteiger partial charge < -0.3 is 9.26 Å². The molecule has 122 valence electrons. The third-order valence-electron chi connectivity index (χ3n) is 3.64. The molecule has 0 saturated heterocycles. The lowest BCUT2D eigenvalue weighted by molar-refractivity contribution is 0.0430. The summed E-state index contributed by atoms with van der Waals surface area (Å²) < 4.78 is 10.3. The Morgan fingerprint density at radius 2 is 1.79 bits per heavy atom. The zero-order valence-corrected chi connectivity index (χ0v) is 13.6. The number of rotatable bonds is 5. The molecule has 0 aliphatic rings. The van der Waals surface area contributed by atoms with Gasteiger partial charge >= 0.3 is 5.97 Å². The molecule has 5 nitrogen and oxygen atoms in total. The van der Waals surface area contributed by atoms with Crippen molar-refractivity contribution < 1.29 is 14.1 Å². The van der Waals surface area contributed by atoms with Crippen LogP contribution in [0.2, 0.25) is 0 Å². The first-order chi connectivity index (χ1) is 11.6. The minimum absolute atomic E-state index is 0.0508. The van der Waals surface area contributed by atoms with Crippen LogP contribution in [0.15, 0.2) is 59.1 Å². The van der Waals surface area contributed by atoms with Crippen LogP contribution in [0.4, 0.5) is 0 Å². The van der Waals surface area contributed by atoms with Crippen LogP contribution >= 0.6 is 0 Å². The van der Waals surface area contributed by atoms with Gasteiger partial charge in [0.15, 0.2) is 6.61 Å². The molecule has 0 N–H and O–H groups in total. The standard InChI is InChI=1S/C19H18N2O3/c1-13(2)14-8-10-15(11-9-14)18-20-17(24-21-18)12-23-19(22)16-6-4-3-5-7-16/h3-11,13H,12H2,1-2H3. The van der Waals surface area contributed by atoms with Crippen LogP contribution in [0.5, 0.6) is 0 Å². The first-order valence-corrected chi connectivity index (χ1v) is 7.78. The van der Waals surface area contributed by atoms with Crippen molar-refractivity contribution in [2.45, 2.75) is 26.4 Å². The van der Waals surface area contributed by atoms with Gasteiger partial charge in [-0.3, -0.25) is 0 Å². The lowest BCUT2D eigenvalue weighted by Gasteiger charge is -2.04. The molecule has 0 bridgehead atoms. The van der Waals surface area contributed by atoms with Gasteiger partial charge in [-0.1, -0.05) is 61.5 Å². The van der Waals surface area contributed by atoms with E-state index >= 15 is 0 Å². The molecule has 0 amide bonds. The van der Waals surface area contributed by atoms with Crippen LogP contribution in [-0.4, -0.2) is 16.1 Å². The third-order valence-corrected chi connectivity index (χ3v) is 3.64. The van der Waals surface area contributed by atoms with E-state index in [2.05, 4.69) is 24.0 Å². The molecule has 0 unspecified atom stereocenters. The molecule has 3 aromatic rings. The summed E-state index contributed by atoms with van der Waals surface area (Å²) in [5.41, 5.74) is 2.60. The van der Waals surface area contributed by atoms with Gasteiger partial charge in [-0.15, -0.1) is 0 Å². The van der Waals surface area contributed by atoms with Crippen LogP contribution in [0.1, 0.15) is 41.6 Å². The van der Waals surface area contributed by atoms with Crippen LogP contribution in [0, 0.1) is 0 Å². The first-order valence-electron chi connectivity index (χ1n) is 7.78. The van der Waals surface area contributed by atoms with Crippen molar-refractivity contribution in [1.29, 1.82) is 0 Å². The van der Waals surface area contributed by atoms with Crippen molar-refractivity contribution >= 4 is 5.97 Å². The van der Waals surface area contributed by atoms with Crippen LogP contribution in [0.3, 0.4) is 0 Å². The number of hydrogen-bond acceptors (Lipinski definition) is 5. The van der Waals surface area contributed by atoms with Crippen molar-refractivity contribution in [3.05, 3.63) is 71.6 Å². The number of aromatic nitrogens is 2. The van der Waals surface area contributed by atoms with Gasteiger partial charge in [0.1, 0.15) is 0 Å². The molecule has 0 atom stereocenters. The highest BCUT2D eigenvalue weighted by Gasteiger charge is 2.12. The zero-order valence-electron chi connectivity index (χ0n) is 13.6. The summed E-state index contributed by atoms with van der Waals surface area (Å²) in [6, 6.07) is 16.8. The molecule has 0 aliphatic heterocycles. The Kier molecular flexibility index (Phi) is 4.70. The van der Waals surface area contributed by atoms with E-state index in [1.165, 1.54) is 5.56 Å². The van der Waals surface area contributed by atoms with Gasteiger partial charge in [0, 0.05) is 5.56 Å². The fraction of sp³-hybridized carbons (Fsp3) is 0.211. The average molecular weight is 322 g/mol. The summed E-state index contributed by atoms with van der Waals surface area (Å²) in [5, 5.41) is 3.93. The van der Waals surface area contributed by atoms with E-state index in [9.17, 15) is 4.79 Å². The molecule has 0 aliphatic carbocycles. The minimum Gasteiger partial charge on any atom is -0.452 e. The fourth-order valence-electron chi connectivity index (χ4n) is 2.23. The van der Waals surface area contributed by atoms with Crippen LogP contribution in [0.25, 0.3) is 11.4 Å². The molecule has 1 heterocycles. The highest BCUT2D eigenvalue weighted by Crippen LogP contribution is 2.20. The summed E-state index contributed by atoms with van der Waals surface area (Å²) in [7, 11) is 0.